The van der Waals surface area contributed by atoms with E-state index in [0.717, 1.165) is 28.8 Å². The molecule has 2 heterocycles. The number of methoxy groups -OCH3 is 1. The molecule has 6 nitrogen and oxygen atoms in total. The average Bonchev–Trinajstić information content (AvgIpc) is 3.34. The van der Waals surface area contributed by atoms with Crippen LogP contribution in [0.4, 0.5) is 0 Å². The number of nitrogens with one attached hydrogen (secondary N) is 1. The Kier molecular flexibility index (Phi) is 5.86. The fraction of sp³-hybridized carbons (Fsp3) is 0.231. The second-order valence-electron chi connectivity index (χ2n) is 7.79. The standard InChI is InChI=1S/C26H27N3O3/c1-6-19-10-7-9-16(2)24(19)29-17(3)13-21(18(29)4)15-27-28-26(30)23-14-20-11-8-12-22(31-5)25(20)32-23/h7-15H,6H2,1-5H3,(H,28,30)/b27-15-. The van der Waals surface area contributed by atoms with Crippen molar-refractivity contribution in [2.45, 2.75) is 34.1 Å². The molecule has 0 bridgehead atoms. The van der Waals surface area contributed by atoms with E-state index in [9.17, 15) is 4.79 Å². The largest absolute Gasteiger partial charge is 0.493 e. The molecule has 0 radical (unpaired) electrons. The van der Waals surface area contributed by atoms with Gasteiger partial charge in [-0.2, -0.15) is 5.10 Å². The molecule has 0 saturated carbocycles. The summed E-state index contributed by atoms with van der Waals surface area (Å²) in [7, 11) is 1.57. The molecule has 0 spiro atoms. The first-order valence-electron chi connectivity index (χ1n) is 10.6. The summed E-state index contributed by atoms with van der Waals surface area (Å²) in [6.07, 6.45) is 2.62. The molecule has 2 aromatic heterocycles. The van der Waals surface area contributed by atoms with Gasteiger partial charge in [0.15, 0.2) is 17.1 Å². The number of para-hydroxylation sites is 2. The van der Waals surface area contributed by atoms with Crippen LogP contribution in [-0.2, 0) is 6.42 Å². The van der Waals surface area contributed by atoms with Crippen molar-refractivity contribution in [2.24, 2.45) is 5.10 Å². The van der Waals surface area contributed by atoms with Crippen LogP contribution in [0.1, 0.15) is 45.6 Å². The Morgan fingerprint density at radius 1 is 1.16 bits per heavy atom. The lowest BCUT2D eigenvalue weighted by Gasteiger charge is -2.17. The topological polar surface area (TPSA) is 68.8 Å². The summed E-state index contributed by atoms with van der Waals surface area (Å²) in [6.45, 7) is 8.44. The van der Waals surface area contributed by atoms with Gasteiger partial charge < -0.3 is 13.7 Å². The Morgan fingerprint density at radius 2 is 1.94 bits per heavy atom. The number of rotatable bonds is 6. The number of aromatic nitrogens is 1. The lowest BCUT2D eigenvalue weighted by molar-refractivity contribution is 0.0929. The molecule has 0 aliphatic carbocycles. The number of nitrogens with zero attached hydrogens (tertiary/aromatic N) is 2. The van der Waals surface area contributed by atoms with Crippen LogP contribution in [0.2, 0.25) is 0 Å². The van der Waals surface area contributed by atoms with Crippen LogP contribution >= 0.6 is 0 Å². The average molecular weight is 430 g/mol. The van der Waals surface area contributed by atoms with Gasteiger partial charge in [0.2, 0.25) is 0 Å². The molecule has 2 aromatic carbocycles. The number of benzene rings is 2. The van der Waals surface area contributed by atoms with E-state index in [0.29, 0.717) is 11.3 Å². The molecule has 0 atom stereocenters. The molecule has 4 rings (SSSR count). The van der Waals surface area contributed by atoms with Gasteiger partial charge in [-0.05, 0) is 56.5 Å². The van der Waals surface area contributed by atoms with Gasteiger partial charge in [0.05, 0.1) is 19.0 Å². The predicted molar refractivity (Wildman–Crippen MR) is 127 cm³/mol. The molecule has 1 N–H and O–H groups in total. The highest BCUT2D eigenvalue weighted by Crippen LogP contribution is 2.29. The molecule has 0 aliphatic heterocycles. The second kappa shape index (κ2) is 8.75. The van der Waals surface area contributed by atoms with Gasteiger partial charge in [0.25, 0.3) is 0 Å². The first-order valence-corrected chi connectivity index (χ1v) is 10.6. The number of carbonyl (C=O) groups is 1. The fourth-order valence-corrected chi connectivity index (χ4v) is 4.11. The van der Waals surface area contributed by atoms with E-state index in [-0.39, 0.29) is 5.76 Å². The second-order valence-corrected chi connectivity index (χ2v) is 7.79. The molecule has 164 valence electrons. The number of hydrogen-bond acceptors (Lipinski definition) is 4. The quantitative estimate of drug-likeness (QED) is 0.326. The number of amides is 1. The lowest BCUT2D eigenvalue weighted by atomic mass is 10.1. The summed E-state index contributed by atoms with van der Waals surface area (Å²) in [5, 5.41) is 4.97. The highest BCUT2D eigenvalue weighted by atomic mass is 16.5. The van der Waals surface area contributed by atoms with Crippen LogP contribution in [0.3, 0.4) is 0 Å². The van der Waals surface area contributed by atoms with Gasteiger partial charge >= 0.3 is 5.91 Å². The number of fused-ring (bicyclic) bond motifs is 1. The minimum absolute atomic E-state index is 0.180. The molecule has 0 fully saturated rings. The Balaban J connectivity index is 1.58. The van der Waals surface area contributed by atoms with Crippen molar-refractivity contribution < 1.29 is 13.9 Å². The third-order valence-corrected chi connectivity index (χ3v) is 5.72. The van der Waals surface area contributed by atoms with E-state index in [1.807, 2.05) is 12.1 Å². The minimum Gasteiger partial charge on any atom is -0.493 e. The number of ether oxygens (including phenoxy) is 1. The van der Waals surface area contributed by atoms with E-state index in [2.05, 4.69) is 67.1 Å². The summed E-state index contributed by atoms with van der Waals surface area (Å²) in [6, 6.07) is 15.7. The monoisotopic (exact) mass is 429 g/mol. The van der Waals surface area contributed by atoms with Crippen molar-refractivity contribution in [3.05, 3.63) is 82.4 Å². The highest BCUT2D eigenvalue weighted by molar-refractivity contribution is 5.97. The number of aryl methyl sites for hydroxylation is 3. The summed E-state index contributed by atoms with van der Waals surface area (Å²) in [5.41, 5.74) is 9.96. The Morgan fingerprint density at radius 3 is 2.69 bits per heavy atom. The summed E-state index contributed by atoms with van der Waals surface area (Å²) >= 11 is 0. The Labute approximate surface area is 187 Å². The number of carbonyl (C=O) groups excluding carboxylic acids is 1. The molecule has 1 amide bonds. The van der Waals surface area contributed by atoms with Crippen LogP contribution in [0.5, 0.6) is 5.75 Å². The Hall–Kier alpha value is -3.80. The first-order chi connectivity index (χ1) is 15.4. The normalized spacial score (nSPS) is 11.4. The molecule has 0 saturated heterocycles. The Bertz CT molecular complexity index is 1330. The van der Waals surface area contributed by atoms with E-state index in [4.69, 9.17) is 9.15 Å². The SMILES string of the molecule is CCc1cccc(C)c1-n1c(C)cc(/C=N\NC(=O)c2cc3cccc(OC)c3o2)c1C. The van der Waals surface area contributed by atoms with Crippen LogP contribution in [-0.4, -0.2) is 23.8 Å². The molecular formula is C26H27N3O3. The zero-order valence-corrected chi connectivity index (χ0v) is 19.0. The highest BCUT2D eigenvalue weighted by Gasteiger charge is 2.16. The van der Waals surface area contributed by atoms with Crippen molar-refractivity contribution in [2.75, 3.05) is 7.11 Å². The lowest BCUT2D eigenvalue weighted by Crippen LogP contribution is -2.16. The smallest absolute Gasteiger partial charge is 0.307 e. The van der Waals surface area contributed by atoms with Crippen molar-refractivity contribution in [1.29, 1.82) is 0 Å². The van der Waals surface area contributed by atoms with Crippen molar-refractivity contribution in [3.8, 4) is 11.4 Å². The van der Waals surface area contributed by atoms with Crippen LogP contribution in [0.25, 0.3) is 16.7 Å². The van der Waals surface area contributed by atoms with Crippen molar-refractivity contribution >= 4 is 23.1 Å². The van der Waals surface area contributed by atoms with Crippen LogP contribution < -0.4 is 10.2 Å². The maximum atomic E-state index is 12.5. The van der Waals surface area contributed by atoms with Gasteiger partial charge in [-0.1, -0.05) is 37.3 Å². The summed E-state index contributed by atoms with van der Waals surface area (Å²) in [4.78, 5) is 12.5. The van der Waals surface area contributed by atoms with Crippen LogP contribution in [0, 0.1) is 20.8 Å². The van der Waals surface area contributed by atoms with Gasteiger partial charge in [-0.25, -0.2) is 5.43 Å². The van der Waals surface area contributed by atoms with Gasteiger partial charge in [0, 0.05) is 22.3 Å². The minimum atomic E-state index is -0.416. The maximum Gasteiger partial charge on any atom is 0.307 e. The summed E-state index contributed by atoms with van der Waals surface area (Å²) in [5.74, 6) is 0.347. The van der Waals surface area contributed by atoms with Gasteiger partial charge in [0.1, 0.15) is 0 Å². The maximum absolute atomic E-state index is 12.5. The first kappa shape index (κ1) is 21.4. The van der Waals surface area contributed by atoms with E-state index in [1.165, 1.54) is 16.8 Å². The zero-order valence-electron chi connectivity index (χ0n) is 19.0. The third-order valence-electron chi connectivity index (χ3n) is 5.72. The predicted octanol–water partition coefficient (Wildman–Crippen LogP) is 5.48. The van der Waals surface area contributed by atoms with Crippen molar-refractivity contribution in [3.63, 3.8) is 0 Å². The van der Waals surface area contributed by atoms with E-state index in [1.54, 1.807) is 25.5 Å². The number of hydrogen-bond donors (Lipinski definition) is 1. The van der Waals surface area contributed by atoms with Gasteiger partial charge in [-0.3, -0.25) is 4.79 Å². The van der Waals surface area contributed by atoms with Crippen LogP contribution in [0.15, 0.2) is 58.0 Å². The molecular weight excluding hydrogens is 402 g/mol. The third kappa shape index (κ3) is 3.80. The molecule has 4 aromatic rings. The van der Waals surface area contributed by atoms with E-state index >= 15 is 0 Å². The number of furan rings is 1. The van der Waals surface area contributed by atoms with Crippen molar-refractivity contribution in [1.82, 2.24) is 9.99 Å². The summed E-state index contributed by atoms with van der Waals surface area (Å²) < 4.78 is 13.2. The molecule has 32 heavy (non-hydrogen) atoms. The molecule has 6 heteroatoms. The molecule has 0 unspecified atom stereocenters. The fourth-order valence-electron chi connectivity index (χ4n) is 4.11. The van der Waals surface area contributed by atoms with Gasteiger partial charge in [-0.15, -0.1) is 0 Å². The van der Waals surface area contributed by atoms with E-state index < -0.39 is 5.91 Å². The zero-order chi connectivity index (χ0) is 22.8. The molecule has 0 aliphatic rings. The number of hydrazone groups is 1.